The fourth-order valence-corrected chi connectivity index (χ4v) is 3.83. The molecule has 0 spiro atoms. The van der Waals surface area contributed by atoms with Gasteiger partial charge in [0, 0.05) is 5.57 Å². The number of esters is 1. The molecule has 382 valence electrons. The molecule has 0 bridgehead atoms. The smallest absolute Gasteiger partial charge is 0.413 e. The third-order valence-corrected chi connectivity index (χ3v) is 7.69. The molecule has 1 atom stereocenters. The van der Waals surface area contributed by atoms with E-state index in [0.717, 1.165) is 0 Å². The predicted molar refractivity (Wildman–Crippen MR) is 116 cm³/mol. The lowest BCUT2D eigenvalue weighted by Crippen LogP contribution is -2.82. The number of carbonyl (C=O) groups excluding carboxylic acids is 1. The zero-order chi connectivity index (χ0) is 53.4. The normalized spacial score (nSPS) is 17.6. The maximum Gasteiger partial charge on any atom is 0.460 e. The molecule has 41 heteroatoms. The van der Waals surface area contributed by atoms with Crippen LogP contribution in [0, 0.1) is 0 Å². The first-order valence-corrected chi connectivity index (χ1v) is 13.6. The Morgan fingerprint density at radius 1 is 0.281 bits per heavy atom. The summed E-state index contributed by atoms with van der Waals surface area (Å²) >= 11 is 0. The summed E-state index contributed by atoms with van der Waals surface area (Å²) in [4.78, 5) is 11.4. The van der Waals surface area contributed by atoms with Gasteiger partial charge in [0.05, 0.1) is 0 Å². The van der Waals surface area contributed by atoms with E-state index < -0.39 is 131 Å². The van der Waals surface area contributed by atoms with Crippen molar-refractivity contribution in [3.63, 3.8) is 0 Å². The summed E-state index contributed by atoms with van der Waals surface area (Å²) in [5.74, 6) is -156. The topological polar surface area (TPSA) is 26.3 Å². The molecule has 0 saturated carbocycles. The standard InChI is InChI=1S/C23H5F39O2/c1-3(2)4(63)64-20(53,17(47,48)14(41,42)11(35,36)8(29,30)7(27,28)6(25,26)5(24,21(54,55)56)22(57,58)59)18(49,50)15(43,44)12(37,38)9(31,32)10(33,34)13(39,40)16(45,46)19(51,52)23(60,61)62/h1H2,2H3. The first kappa shape index (κ1) is 60.5. The van der Waals surface area contributed by atoms with Crippen LogP contribution in [0.15, 0.2) is 12.2 Å². The van der Waals surface area contributed by atoms with Crippen LogP contribution in [0.5, 0.6) is 0 Å². The summed E-state index contributed by atoms with van der Waals surface area (Å²) in [7, 11) is 0. The van der Waals surface area contributed by atoms with Gasteiger partial charge in [-0.1, -0.05) is 6.58 Å². The Bertz CT molecular complexity index is 1740. The van der Waals surface area contributed by atoms with E-state index in [4.69, 9.17) is 0 Å². The van der Waals surface area contributed by atoms with Crippen molar-refractivity contribution < 1.29 is 181 Å². The van der Waals surface area contributed by atoms with Crippen LogP contribution >= 0.6 is 0 Å². The maximum absolute atomic E-state index is 15.4. The molecule has 0 aromatic heterocycles. The number of rotatable bonds is 17. The second kappa shape index (κ2) is 14.7. The van der Waals surface area contributed by atoms with Crippen molar-refractivity contribution in [2.75, 3.05) is 0 Å². The number of alkyl halides is 39. The first-order valence-electron chi connectivity index (χ1n) is 13.6. The Morgan fingerprint density at radius 3 is 0.625 bits per heavy atom. The van der Waals surface area contributed by atoms with Crippen LogP contribution in [0.2, 0.25) is 0 Å². The molecule has 0 rings (SSSR count). The monoisotopic (exact) mass is 1050 g/mol. The van der Waals surface area contributed by atoms with Gasteiger partial charge in [-0.2, -0.15) is 167 Å². The van der Waals surface area contributed by atoms with Gasteiger partial charge in [0.15, 0.2) is 0 Å². The molecule has 0 N–H and O–H groups in total. The van der Waals surface area contributed by atoms with E-state index in [1.54, 1.807) is 11.3 Å². The van der Waals surface area contributed by atoms with Crippen molar-refractivity contribution in [2.24, 2.45) is 0 Å². The molecule has 0 aliphatic heterocycles. The number of carbonyl (C=O) groups is 1. The quantitative estimate of drug-likeness (QED) is 0.0824. The van der Waals surface area contributed by atoms with Gasteiger partial charge in [-0.05, 0) is 6.92 Å². The van der Waals surface area contributed by atoms with Gasteiger partial charge in [0.1, 0.15) is 0 Å². The first-order chi connectivity index (χ1) is 26.8. The third kappa shape index (κ3) is 6.89. The van der Waals surface area contributed by atoms with Gasteiger partial charge in [0.25, 0.3) is 0 Å². The second-order valence-electron chi connectivity index (χ2n) is 12.0. The summed E-state index contributed by atoms with van der Waals surface area (Å²) < 4.78 is 537. The van der Waals surface area contributed by atoms with E-state index in [0.29, 0.717) is 0 Å². The van der Waals surface area contributed by atoms with E-state index >= 15 is 4.39 Å². The molecular weight excluding hydrogens is 1050 g/mol. The third-order valence-electron chi connectivity index (χ3n) is 7.69. The largest absolute Gasteiger partial charge is 0.460 e. The molecule has 0 radical (unpaired) electrons. The lowest BCUT2D eigenvalue weighted by molar-refractivity contribution is -0.503. The minimum Gasteiger partial charge on any atom is -0.413 e. The highest BCUT2D eigenvalue weighted by Gasteiger charge is 3.04. The fourth-order valence-electron chi connectivity index (χ4n) is 3.83. The molecule has 0 fully saturated rings. The fraction of sp³-hybridized carbons (Fsp3) is 0.870. The van der Waals surface area contributed by atoms with Crippen molar-refractivity contribution in [3.05, 3.63) is 12.2 Å². The van der Waals surface area contributed by atoms with Gasteiger partial charge in [-0.3, -0.25) is 0 Å². The summed E-state index contributed by atoms with van der Waals surface area (Å²) in [6.07, 6.45) is -26.5. The van der Waals surface area contributed by atoms with E-state index in [1.165, 1.54) is 0 Å². The molecule has 0 aromatic rings. The van der Waals surface area contributed by atoms with Crippen LogP contribution in [-0.4, -0.2) is 119 Å². The highest BCUT2D eigenvalue weighted by atomic mass is 19.5. The predicted octanol–water partition coefficient (Wildman–Crippen LogP) is 13.1. The summed E-state index contributed by atoms with van der Waals surface area (Å²) in [5, 5.41) is 0. The van der Waals surface area contributed by atoms with Gasteiger partial charge < -0.3 is 4.74 Å². The molecule has 0 heterocycles. The van der Waals surface area contributed by atoms with Crippen LogP contribution in [0.25, 0.3) is 0 Å². The summed E-state index contributed by atoms with van der Waals surface area (Å²) in [6, 6.07) is 0. The van der Waals surface area contributed by atoms with Crippen molar-refractivity contribution in [1.82, 2.24) is 0 Å². The van der Waals surface area contributed by atoms with Crippen LogP contribution in [0.4, 0.5) is 171 Å². The van der Waals surface area contributed by atoms with Crippen LogP contribution in [0.3, 0.4) is 0 Å². The number of hydrogen-bond donors (Lipinski definition) is 0. The van der Waals surface area contributed by atoms with Crippen LogP contribution in [0.1, 0.15) is 6.92 Å². The maximum atomic E-state index is 15.4. The summed E-state index contributed by atoms with van der Waals surface area (Å²) in [6.45, 7) is 1.24. The van der Waals surface area contributed by atoms with E-state index in [2.05, 4.69) is 0 Å². The van der Waals surface area contributed by atoms with Crippen molar-refractivity contribution in [1.29, 1.82) is 0 Å². The minimum atomic E-state index is -10.5. The molecule has 0 aliphatic carbocycles. The average Bonchev–Trinajstić information content (AvgIpc) is 3.04. The van der Waals surface area contributed by atoms with Gasteiger partial charge >= 0.3 is 119 Å². The number of halogens is 39. The second-order valence-corrected chi connectivity index (χ2v) is 12.0. The lowest BCUT2D eigenvalue weighted by atomic mass is 9.80. The van der Waals surface area contributed by atoms with Crippen LogP contribution < -0.4 is 0 Å². The van der Waals surface area contributed by atoms with E-state index in [-0.39, 0.29) is 0 Å². The van der Waals surface area contributed by atoms with Crippen molar-refractivity contribution in [3.8, 4) is 0 Å². The molecule has 0 saturated heterocycles. The Hall–Kier alpha value is -3.52. The van der Waals surface area contributed by atoms with Crippen molar-refractivity contribution in [2.45, 2.75) is 120 Å². The molecule has 0 aliphatic rings. The molecule has 0 amide bonds. The van der Waals surface area contributed by atoms with E-state index in [9.17, 15) is 172 Å². The Kier molecular flexibility index (Phi) is 13.9. The molecular formula is C23H5F39O2. The zero-order valence-corrected chi connectivity index (χ0v) is 27.8. The van der Waals surface area contributed by atoms with E-state index in [1.807, 2.05) is 0 Å². The summed E-state index contributed by atoms with van der Waals surface area (Å²) in [5.41, 5.74) is -12.1. The van der Waals surface area contributed by atoms with Crippen molar-refractivity contribution >= 4 is 5.97 Å². The average molecular weight is 1050 g/mol. The van der Waals surface area contributed by atoms with Gasteiger partial charge in [-0.15, -0.1) is 0 Å². The van der Waals surface area contributed by atoms with Gasteiger partial charge in [0.2, 0.25) is 0 Å². The lowest BCUT2D eigenvalue weighted by Gasteiger charge is -2.49. The van der Waals surface area contributed by atoms with Crippen LogP contribution in [-0.2, 0) is 9.53 Å². The number of hydrogen-bond acceptors (Lipinski definition) is 2. The highest BCUT2D eigenvalue weighted by Crippen LogP contribution is 2.71. The highest BCUT2D eigenvalue weighted by molar-refractivity contribution is 5.87. The Morgan fingerprint density at radius 2 is 0.453 bits per heavy atom. The zero-order valence-electron chi connectivity index (χ0n) is 27.8. The minimum absolute atomic E-state index is 0.562. The van der Waals surface area contributed by atoms with Gasteiger partial charge in [-0.25, -0.2) is 9.18 Å². The molecule has 1 unspecified atom stereocenters. The number of ether oxygens (including phenoxy) is 1. The Balaban J connectivity index is 8.65. The SMILES string of the molecule is C=C(C)C(=O)OC(F)(C(F)(F)C(F)(F)C(F)(F)C(F)(F)C(F)(F)C(F)(F)C(F)(F)C(F)(F)C(F)(F)F)C(F)(F)C(F)(F)C(F)(F)C(F)(F)C(F)(F)C(F)(F)C(F)(C(F)(F)F)C(F)(F)F. The molecule has 0 aromatic carbocycles. The molecule has 64 heavy (non-hydrogen) atoms. The Labute approximate surface area is 320 Å². The molecule has 2 nitrogen and oxygen atoms in total.